The van der Waals surface area contributed by atoms with Gasteiger partial charge in [0.1, 0.15) is 6.04 Å². The predicted molar refractivity (Wildman–Crippen MR) is 111 cm³/mol. The summed E-state index contributed by atoms with van der Waals surface area (Å²) in [5.41, 5.74) is 1.80. The van der Waals surface area contributed by atoms with Crippen molar-refractivity contribution in [3.63, 3.8) is 0 Å². The first-order valence-corrected chi connectivity index (χ1v) is 9.42. The number of benzene rings is 2. The van der Waals surface area contributed by atoms with Crippen LogP contribution in [0.15, 0.2) is 54.6 Å². The summed E-state index contributed by atoms with van der Waals surface area (Å²) in [7, 11) is 1.65. The summed E-state index contributed by atoms with van der Waals surface area (Å²) >= 11 is 11.3. The topological polar surface area (TPSA) is 52.7 Å². The standard InChI is InChI=1S/C20H20ClN3O2S/c1-23-19(26)17(13-18(25)22-16-9-7-15(21)8-10-16)24(20(23)27)12-11-14-5-3-2-4-6-14/h2-10,17H,11-13H2,1H3,(H,22,25)/t17-/m0/s1. The fraction of sp³-hybridized carbons (Fsp3) is 0.250. The van der Waals surface area contributed by atoms with Gasteiger partial charge in [-0.3, -0.25) is 14.5 Å². The molecule has 27 heavy (non-hydrogen) atoms. The van der Waals surface area contributed by atoms with Crippen LogP contribution in [0.3, 0.4) is 0 Å². The van der Waals surface area contributed by atoms with E-state index in [0.29, 0.717) is 22.4 Å². The molecule has 3 rings (SSSR count). The van der Waals surface area contributed by atoms with Crippen LogP contribution in [0.4, 0.5) is 5.69 Å². The monoisotopic (exact) mass is 401 g/mol. The highest BCUT2D eigenvalue weighted by Gasteiger charge is 2.41. The lowest BCUT2D eigenvalue weighted by Gasteiger charge is -2.23. The Morgan fingerprint density at radius 1 is 1.15 bits per heavy atom. The smallest absolute Gasteiger partial charge is 0.251 e. The first-order valence-electron chi connectivity index (χ1n) is 8.63. The molecule has 2 aromatic rings. The highest BCUT2D eigenvalue weighted by atomic mass is 35.5. The molecule has 1 saturated heterocycles. The molecule has 0 saturated carbocycles. The van der Waals surface area contributed by atoms with Crippen molar-refractivity contribution in [1.29, 1.82) is 0 Å². The Morgan fingerprint density at radius 2 is 1.81 bits per heavy atom. The minimum Gasteiger partial charge on any atom is -0.336 e. The van der Waals surface area contributed by atoms with E-state index in [2.05, 4.69) is 5.32 Å². The summed E-state index contributed by atoms with van der Waals surface area (Å²) < 4.78 is 0. The van der Waals surface area contributed by atoms with Crippen molar-refractivity contribution in [2.45, 2.75) is 18.9 Å². The Kier molecular flexibility index (Phi) is 6.08. The number of carbonyl (C=O) groups is 2. The fourth-order valence-corrected chi connectivity index (χ4v) is 3.48. The van der Waals surface area contributed by atoms with Crippen molar-refractivity contribution in [3.8, 4) is 0 Å². The van der Waals surface area contributed by atoms with Crippen LogP contribution < -0.4 is 5.32 Å². The molecule has 7 heteroatoms. The molecule has 1 atom stereocenters. The van der Waals surface area contributed by atoms with Crippen molar-refractivity contribution in [2.24, 2.45) is 0 Å². The van der Waals surface area contributed by atoms with Gasteiger partial charge >= 0.3 is 0 Å². The molecule has 1 N–H and O–H groups in total. The van der Waals surface area contributed by atoms with E-state index in [-0.39, 0.29) is 18.2 Å². The van der Waals surface area contributed by atoms with Crippen molar-refractivity contribution >= 4 is 46.4 Å². The van der Waals surface area contributed by atoms with Gasteiger partial charge in [-0.1, -0.05) is 41.9 Å². The summed E-state index contributed by atoms with van der Waals surface area (Å²) in [5.74, 6) is -0.391. The zero-order valence-corrected chi connectivity index (χ0v) is 16.5. The van der Waals surface area contributed by atoms with Gasteiger partial charge in [-0.25, -0.2) is 0 Å². The minimum absolute atomic E-state index is 0.0424. The van der Waals surface area contributed by atoms with Gasteiger partial charge in [-0.05, 0) is 48.5 Å². The predicted octanol–water partition coefficient (Wildman–Crippen LogP) is 3.34. The molecule has 0 spiro atoms. The van der Waals surface area contributed by atoms with Crippen LogP contribution in [0.2, 0.25) is 5.02 Å². The third-order valence-corrected chi connectivity index (χ3v) is 5.28. The lowest BCUT2D eigenvalue weighted by atomic mass is 10.1. The van der Waals surface area contributed by atoms with E-state index in [9.17, 15) is 9.59 Å². The van der Waals surface area contributed by atoms with Gasteiger partial charge in [0.2, 0.25) is 5.91 Å². The van der Waals surface area contributed by atoms with Crippen LogP contribution >= 0.6 is 23.8 Å². The number of likely N-dealkylation sites (N-methyl/N-ethyl adjacent to an activating group) is 1. The van der Waals surface area contributed by atoms with Crippen molar-refractivity contribution in [1.82, 2.24) is 9.80 Å². The minimum atomic E-state index is -0.585. The molecule has 1 fully saturated rings. The number of nitrogens with one attached hydrogen (secondary N) is 1. The van der Waals surface area contributed by atoms with Gasteiger partial charge in [0, 0.05) is 24.3 Å². The molecule has 0 aliphatic carbocycles. The van der Waals surface area contributed by atoms with Crippen LogP contribution in [0.5, 0.6) is 0 Å². The third kappa shape index (κ3) is 4.64. The Labute approximate surface area is 168 Å². The van der Waals surface area contributed by atoms with E-state index in [1.54, 1.807) is 31.3 Å². The Bertz CT molecular complexity index is 842. The molecule has 2 amide bonds. The lowest BCUT2D eigenvalue weighted by molar-refractivity contribution is -0.130. The van der Waals surface area contributed by atoms with Gasteiger partial charge in [0.25, 0.3) is 5.91 Å². The quantitative estimate of drug-likeness (QED) is 0.754. The van der Waals surface area contributed by atoms with Crippen LogP contribution in [0, 0.1) is 0 Å². The largest absolute Gasteiger partial charge is 0.336 e. The van der Waals surface area contributed by atoms with Gasteiger partial charge in [0.05, 0.1) is 6.42 Å². The number of thiocarbonyl (C=S) groups is 1. The van der Waals surface area contributed by atoms with Gasteiger partial charge in [-0.15, -0.1) is 0 Å². The maximum atomic E-state index is 12.6. The molecule has 0 unspecified atom stereocenters. The van der Waals surface area contributed by atoms with E-state index >= 15 is 0 Å². The van der Waals surface area contributed by atoms with Crippen molar-refractivity contribution < 1.29 is 9.59 Å². The highest BCUT2D eigenvalue weighted by molar-refractivity contribution is 7.80. The molecule has 140 valence electrons. The second-order valence-electron chi connectivity index (χ2n) is 6.38. The number of carbonyl (C=O) groups excluding carboxylic acids is 2. The molecule has 1 aliphatic heterocycles. The van der Waals surface area contributed by atoms with Gasteiger partial charge in [0.15, 0.2) is 5.11 Å². The van der Waals surface area contributed by atoms with E-state index in [1.165, 1.54) is 4.90 Å². The van der Waals surface area contributed by atoms with Gasteiger partial charge < -0.3 is 10.2 Å². The number of anilines is 1. The first kappa shape index (κ1) is 19.3. The van der Waals surface area contributed by atoms with E-state index in [1.807, 2.05) is 35.2 Å². The average Bonchev–Trinajstić information content (AvgIpc) is 2.86. The molecule has 1 heterocycles. The summed E-state index contributed by atoms with van der Waals surface area (Å²) in [6.45, 7) is 0.581. The number of amides is 2. The first-order chi connectivity index (χ1) is 13.0. The Hall–Kier alpha value is -2.44. The summed E-state index contributed by atoms with van der Waals surface area (Å²) in [6, 6.07) is 16.3. The molecular formula is C20H20ClN3O2S. The molecule has 1 aliphatic rings. The fourth-order valence-electron chi connectivity index (χ4n) is 3.04. The lowest BCUT2D eigenvalue weighted by Crippen LogP contribution is -2.39. The Morgan fingerprint density at radius 3 is 2.48 bits per heavy atom. The number of halogens is 1. The number of rotatable bonds is 6. The molecule has 0 radical (unpaired) electrons. The van der Waals surface area contributed by atoms with E-state index < -0.39 is 6.04 Å². The second-order valence-corrected chi connectivity index (χ2v) is 7.19. The average molecular weight is 402 g/mol. The Balaban J connectivity index is 1.66. The van der Waals surface area contributed by atoms with E-state index in [0.717, 1.165) is 12.0 Å². The summed E-state index contributed by atoms with van der Waals surface area (Å²) in [6.07, 6.45) is 0.790. The normalized spacial score (nSPS) is 16.7. The summed E-state index contributed by atoms with van der Waals surface area (Å²) in [4.78, 5) is 28.3. The number of hydrogen-bond acceptors (Lipinski definition) is 3. The highest BCUT2D eigenvalue weighted by Crippen LogP contribution is 2.21. The summed E-state index contributed by atoms with van der Waals surface area (Å²) in [5, 5.41) is 3.86. The van der Waals surface area contributed by atoms with Crippen LogP contribution in [-0.2, 0) is 16.0 Å². The van der Waals surface area contributed by atoms with Crippen LogP contribution in [0.1, 0.15) is 12.0 Å². The van der Waals surface area contributed by atoms with Gasteiger partial charge in [-0.2, -0.15) is 0 Å². The second kappa shape index (κ2) is 8.50. The molecule has 0 aromatic heterocycles. The molecule has 0 bridgehead atoms. The maximum absolute atomic E-state index is 12.6. The van der Waals surface area contributed by atoms with Crippen LogP contribution in [0.25, 0.3) is 0 Å². The maximum Gasteiger partial charge on any atom is 0.251 e. The van der Waals surface area contributed by atoms with E-state index in [4.69, 9.17) is 23.8 Å². The zero-order chi connectivity index (χ0) is 19.4. The molecular weight excluding hydrogens is 382 g/mol. The van der Waals surface area contributed by atoms with Crippen molar-refractivity contribution in [3.05, 3.63) is 65.2 Å². The molecule has 2 aromatic carbocycles. The van der Waals surface area contributed by atoms with Crippen LogP contribution in [-0.4, -0.2) is 46.4 Å². The third-order valence-electron chi connectivity index (χ3n) is 4.52. The van der Waals surface area contributed by atoms with Crippen molar-refractivity contribution in [2.75, 3.05) is 18.9 Å². The molecule has 5 nitrogen and oxygen atoms in total. The zero-order valence-electron chi connectivity index (χ0n) is 14.9. The number of hydrogen-bond donors (Lipinski definition) is 1. The number of nitrogens with zero attached hydrogens (tertiary/aromatic N) is 2. The SMILES string of the molecule is CN1C(=O)[C@H](CC(=O)Nc2ccc(Cl)cc2)N(CCc2ccccc2)C1=S.